The first kappa shape index (κ1) is 19.2. The monoisotopic (exact) mass is 381 g/mol. The minimum Gasteiger partial charge on any atom is -0.325 e. The van der Waals surface area contributed by atoms with E-state index in [2.05, 4.69) is 25.2 Å². The second kappa shape index (κ2) is 8.80. The molecule has 0 saturated carbocycles. The predicted molar refractivity (Wildman–Crippen MR) is 107 cm³/mol. The molecular formula is C19H21Cl2NOS. The van der Waals surface area contributed by atoms with E-state index >= 15 is 0 Å². The van der Waals surface area contributed by atoms with Crippen LogP contribution in [0.1, 0.15) is 36.5 Å². The first-order valence-corrected chi connectivity index (χ1v) is 9.70. The molecule has 0 spiro atoms. The highest BCUT2D eigenvalue weighted by Crippen LogP contribution is 2.28. The zero-order valence-corrected chi connectivity index (χ0v) is 16.4. The molecule has 0 aliphatic carbocycles. The lowest BCUT2D eigenvalue weighted by molar-refractivity contribution is -0.113. The Balaban J connectivity index is 1.95. The van der Waals surface area contributed by atoms with Gasteiger partial charge in [-0.15, -0.1) is 11.8 Å². The molecule has 0 fully saturated rings. The summed E-state index contributed by atoms with van der Waals surface area (Å²) in [6, 6.07) is 11.5. The number of halogens is 2. The van der Waals surface area contributed by atoms with Gasteiger partial charge < -0.3 is 5.32 Å². The van der Waals surface area contributed by atoms with E-state index in [9.17, 15) is 4.79 Å². The summed E-state index contributed by atoms with van der Waals surface area (Å²) in [7, 11) is 0. The number of hydrogen-bond acceptors (Lipinski definition) is 2. The van der Waals surface area contributed by atoms with Crippen molar-refractivity contribution in [3.05, 3.63) is 63.1 Å². The standard InChI is InChI=1S/C19H21Cl2NOS/c1-12(2)16-6-4-5-13(3)19(16)22-18(23)11-24-10-14-7-8-15(20)9-17(14)21/h4-9,12H,10-11H2,1-3H3,(H,22,23). The van der Waals surface area contributed by atoms with Crippen LogP contribution in [0.2, 0.25) is 10.0 Å². The third-order valence-corrected chi connectivity index (χ3v) is 5.27. The Morgan fingerprint density at radius 1 is 1.21 bits per heavy atom. The number of hydrogen-bond donors (Lipinski definition) is 1. The van der Waals surface area contributed by atoms with E-state index in [0.717, 1.165) is 22.4 Å². The van der Waals surface area contributed by atoms with Gasteiger partial charge >= 0.3 is 0 Å². The SMILES string of the molecule is Cc1cccc(C(C)C)c1NC(=O)CSCc1ccc(Cl)cc1Cl. The van der Waals surface area contributed by atoms with Crippen molar-refractivity contribution in [1.82, 2.24) is 0 Å². The molecule has 1 N–H and O–H groups in total. The number of nitrogens with one attached hydrogen (secondary N) is 1. The Kier molecular flexibility index (Phi) is 7.02. The van der Waals surface area contributed by atoms with E-state index in [1.54, 1.807) is 6.07 Å². The van der Waals surface area contributed by atoms with Gasteiger partial charge in [0.15, 0.2) is 0 Å². The molecule has 0 aliphatic rings. The molecule has 2 aromatic carbocycles. The molecule has 2 nitrogen and oxygen atoms in total. The lowest BCUT2D eigenvalue weighted by atomic mass is 9.98. The maximum Gasteiger partial charge on any atom is 0.234 e. The number of carbonyl (C=O) groups excluding carboxylic acids is 1. The van der Waals surface area contributed by atoms with Crippen LogP contribution in [0.3, 0.4) is 0 Å². The number of benzene rings is 2. The fraction of sp³-hybridized carbons (Fsp3) is 0.316. The van der Waals surface area contributed by atoms with Crippen LogP contribution in [0.15, 0.2) is 36.4 Å². The summed E-state index contributed by atoms with van der Waals surface area (Å²) >= 11 is 13.6. The summed E-state index contributed by atoms with van der Waals surface area (Å²) in [4.78, 5) is 12.3. The maximum atomic E-state index is 12.3. The van der Waals surface area contributed by atoms with Crippen LogP contribution in [0.25, 0.3) is 0 Å². The molecule has 24 heavy (non-hydrogen) atoms. The summed E-state index contributed by atoms with van der Waals surface area (Å²) in [5, 5.41) is 4.31. The molecule has 0 radical (unpaired) electrons. The Bertz CT molecular complexity index is 731. The smallest absolute Gasteiger partial charge is 0.234 e. The maximum absolute atomic E-state index is 12.3. The van der Waals surface area contributed by atoms with Gasteiger partial charge in [0.25, 0.3) is 0 Å². The van der Waals surface area contributed by atoms with Crippen molar-refractivity contribution >= 4 is 46.6 Å². The summed E-state index contributed by atoms with van der Waals surface area (Å²) in [6.07, 6.45) is 0. The summed E-state index contributed by atoms with van der Waals surface area (Å²) in [6.45, 7) is 6.27. The first-order valence-electron chi connectivity index (χ1n) is 7.79. The number of carbonyl (C=O) groups is 1. The Hall–Kier alpha value is -1.16. The molecule has 2 aromatic rings. The van der Waals surface area contributed by atoms with Gasteiger partial charge in [0.1, 0.15) is 0 Å². The van der Waals surface area contributed by atoms with E-state index < -0.39 is 0 Å². The first-order chi connectivity index (χ1) is 11.4. The number of thioether (sulfide) groups is 1. The van der Waals surface area contributed by atoms with Crippen LogP contribution in [0, 0.1) is 6.92 Å². The summed E-state index contributed by atoms with van der Waals surface area (Å²) in [5.74, 6) is 1.42. The topological polar surface area (TPSA) is 29.1 Å². The van der Waals surface area contributed by atoms with Gasteiger partial charge in [-0.3, -0.25) is 4.79 Å². The van der Waals surface area contributed by atoms with Gasteiger partial charge in [-0.05, 0) is 41.7 Å². The minimum absolute atomic E-state index is 0.00119. The number of amides is 1. The van der Waals surface area contributed by atoms with E-state index in [4.69, 9.17) is 23.2 Å². The van der Waals surface area contributed by atoms with Gasteiger partial charge in [0.2, 0.25) is 5.91 Å². The van der Waals surface area contributed by atoms with E-state index in [1.165, 1.54) is 11.8 Å². The van der Waals surface area contributed by atoms with Gasteiger partial charge in [0, 0.05) is 21.5 Å². The highest BCUT2D eigenvalue weighted by atomic mass is 35.5. The van der Waals surface area contributed by atoms with E-state index in [0.29, 0.717) is 27.5 Å². The van der Waals surface area contributed by atoms with Crippen LogP contribution < -0.4 is 5.32 Å². The third kappa shape index (κ3) is 5.17. The predicted octanol–water partition coefficient (Wildman–Crippen LogP) is 6.30. The van der Waals surface area contributed by atoms with E-state index in [-0.39, 0.29) is 5.91 Å². The molecule has 0 aliphatic heterocycles. The number of para-hydroxylation sites is 1. The molecule has 0 saturated heterocycles. The highest BCUT2D eigenvalue weighted by molar-refractivity contribution is 7.99. The van der Waals surface area contributed by atoms with Gasteiger partial charge in [-0.25, -0.2) is 0 Å². The number of rotatable bonds is 6. The van der Waals surface area contributed by atoms with Gasteiger partial charge in [-0.2, -0.15) is 0 Å². The molecule has 128 valence electrons. The molecular weight excluding hydrogens is 361 g/mol. The second-order valence-corrected chi connectivity index (χ2v) is 7.80. The van der Waals surface area contributed by atoms with Crippen molar-refractivity contribution in [3.8, 4) is 0 Å². The number of aryl methyl sites for hydroxylation is 1. The molecule has 5 heteroatoms. The highest BCUT2D eigenvalue weighted by Gasteiger charge is 2.12. The average molecular weight is 382 g/mol. The molecule has 0 heterocycles. The van der Waals surface area contributed by atoms with Crippen LogP contribution in [0.4, 0.5) is 5.69 Å². The molecule has 0 atom stereocenters. The minimum atomic E-state index is 0.00119. The molecule has 0 unspecified atom stereocenters. The van der Waals surface area contributed by atoms with Crippen LogP contribution in [-0.4, -0.2) is 11.7 Å². The zero-order valence-electron chi connectivity index (χ0n) is 14.0. The quantitative estimate of drug-likeness (QED) is 0.635. The average Bonchev–Trinajstić information content (AvgIpc) is 2.51. The van der Waals surface area contributed by atoms with Crippen LogP contribution in [0.5, 0.6) is 0 Å². The van der Waals surface area contributed by atoms with Gasteiger partial charge in [0.05, 0.1) is 5.75 Å². The fourth-order valence-electron chi connectivity index (χ4n) is 2.41. The second-order valence-electron chi connectivity index (χ2n) is 5.97. The van der Waals surface area contributed by atoms with Crippen molar-refractivity contribution in [3.63, 3.8) is 0 Å². The van der Waals surface area contributed by atoms with E-state index in [1.807, 2.05) is 31.2 Å². The largest absolute Gasteiger partial charge is 0.325 e. The van der Waals surface area contributed by atoms with Crippen molar-refractivity contribution < 1.29 is 4.79 Å². The van der Waals surface area contributed by atoms with Crippen LogP contribution in [-0.2, 0) is 10.5 Å². The van der Waals surface area contributed by atoms with Gasteiger partial charge in [-0.1, -0.05) is 61.3 Å². The molecule has 1 amide bonds. The Labute approximate surface area is 157 Å². The van der Waals surface area contributed by atoms with Crippen molar-refractivity contribution in [2.45, 2.75) is 32.4 Å². The lowest BCUT2D eigenvalue weighted by Gasteiger charge is -2.16. The molecule has 0 aromatic heterocycles. The van der Waals surface area contributed by atoms with Crippen molar-refractivity contribution in [2.75, 3.05) is 11.1 Å². The van der Waals surface area contributed by atoms with Crippen molar-refractivity contribution in [2.24, 2.45) is 0 Å². The Morgan fingerprint density at radius 2 is 1.96 bits per heavy atom. The van der Waals surface area contributed by atoms with Crippen molar-refractivity contribution in [1.29, 1.82) is 0 Å². The Morgan fingerprint density at radius 3 is 2.62 bits per heavy atom. The lowest BCUT2D eigenvalue weighted by Crippen LogP contribution is -2.16. The molecule has 0 bridgehead atoms. The zero-order chi connectivity index (χ0) is 17.7. The third-order valence-electron chi connectivity index (χ3n) is 3.70. The fourth-order valence-corrected chi connectivity index (χ4v) is 3.80. The molecule has 2 rings (SSSR count). The number of anilines is 1. The normalized spacial score (nSPS) is 10.9. The summed E-state index contributed by atoms with van der Waals surface area (Å²) in [5.41, 5.74) is 4.16. The summed E-state index contributed by atoms with van der Waals surface area (Å²) < 4.78 is 0. The van der Waals surface area contributed by atoms with Crippen LogP contribution >= 0.6 is 35.0 Å².